The van der Waals surface area contributed by atoms with E-state index in [2.05, 4.69) is 34.5 Å². The normalized spacial score (nSPS) is 21.5. The van der Waals surface area contributed by atoms with Gasteiger partial charge in [0.05, 0.1) is 13.2 Å². The predicted molar refractivity (Wildman–Crippen MR) is 90.7 cm³/mol. The number of morpholine rings is 1. The Hall–Kier alpha value is -1.59. The number of urea groups is 1. The summed E-state index contributed by atoms with van der Waals surface area (Å²) in [6.07, 6.45) is 3.03. The Morgan fingerprint density at radius 1 is 1.30 bits per heavy atom. The molecule has 1 aromatic carbocycles. The van der Waals surface area contributed by atoms with Crippen LogP contribution in [0.25, 0.3) is 0 Å². The first-order chi connectivity index (χ1) is 11.2. The number of likely N-dealkylation sites (N-methyl/N-ethyl adjacent to an activating group) is 1. The van der Waals surface area contributed by atoms with Gasteiger partial charge < -0.3 is 15.0 Å². The van der Waals surface area contributed by atoms with E-state index < -0.39 is 0 Å². The number of carbonyl (C=O) groups excluding carboxylic acids is 1. The number of benzene rings is 1. The van der Waals surface area contributed by atoms with Gasteiger partial charge in [-0.15, -0.1) is 0 Å². The third-order valence-electron chi connectivity index (χ3n) is 4.88. The summed E-state index contributed by atoms with van der Waals surface area (Å²) in [6.45, 7) is 5.22. The van der Waals surface area contributed by atoms with Crippen LogP contribution in [0, 0.1) is 0 Å². The van der Waals surface area contributed by atoms with Crippen LogP contribution in [0.1, 0.15) is 17.5 Å². The molecule has 5 nitrogen and oxygen atoms in total. The fraction of sp³-hybridized carbons (Fsp3) is 0.611. The van der Waals surface area contributed by atoms with Crippen molar-refractivity contribution in [3.8, 4) is 0 Å². The molecule has 0 saturated carbocycles. The maximum absolute atomic E-state index is 12.4. The minimum Gasteiger partial charge on any atom is -0.379 e. The maximum atomic E-state index is 12.4. The van der Waals surface area contributed by atoms with Crippen molar-refractivity contribution < 1.29 is 9.53 Å². The zero-order chi connectivity index (χ0) is 16.1. The van der Waals surface area contributed by atoms with Crippen LogP contribution in [0.3, 0.4) is 0 Å². The first kappa shape index (κ1) is 16.3. The van der Waals surface area contributed by atoms with Gasteiger partial charge in [0.15, 0.2) is 0 Å². The lowest BCUT2D eigenvalue weighted by Crippen LogP contribution is -2.48. The third kappa shape index (κ3) is 4.45. The van der Waals surface area contributed by atoms with Crippen molar-refractivity contribution in [1.29, 1.82) is 0 Å². The van der Waals surface area contributed by atoms with Gasteiger partial charge in [0.2, 0.25) is 0 Å². The molecule has 0 radical (unpaired) electrons. The highest BCUT2D eigenvalue weighted by Gasteiger charge is 2.21. The number of hydrogen-bond acceptors (Lipinski definition) is 3. The van der Waals surface area contributed by atoms with E-state index in [0.717, 1.165) is 58.7 Å². The molecule has 0 aromatic heterocycles. The highest BCUT2D eigenvalue weighted by atomic mass is 16.5. The lowest BCUT2D eigenvalue weighted by atomic mass is 9.88. The van der Waals surface area contributed by atoms with Gasteiger partial charge in [-0.05, 0) is 30.4 Å². The fourth-order valence-electron chi connectivity index (χ4n) is 3.32. The molecule has 126 valence electrons. The molecule has 1 aliphatic heterocycles. The van der Waals surface area contributed by atoms with Crippen molar-refractivity contribution in [2.45, 2.75) is 25.3 Å². The number of nitrogens with one attached hydrogen (secondary N) is 1. The van der Waals surface area contributed by atoms with Gasteiger partial charge in [0.25, 0.3) is 0 Å². The van der Waals surface area contributed by atoms with Crippen LogP contribution in [-0.2, 0) is 17.6 Å². The zero-order valence-electron chi connectivity index (χ0n) is 14.0. The molecule has 0 unspecified atom stereocenters. The molecule has 2 aliphatic rings. The predicted octanol–water partition coefficient (Wildman–Crippen LogP) is 1.52. The van der Waals surface area contributed by atoms with E-state index >= 15 is 0 Å². The quantitative estimate of drug-likeness (QED) is 0.916. The van der Waals surface area contributed by atoms with Gasteiger partial charge in [0.1, 0.15) is 0 Å². The van der Waals surface area contributed by atoms with Gasteiger partial charge >= 0.3 is 6.03 Å². The van der Waals surface area contributed by atoms with Gasteiger partial charge in [-0.2, -0.15) is 0 Å². The molecule has 23 heavy (non-hydrogen) atoms. The van der Waals surface area contributed by atoms with Crippen molar-refractivity contribution in [2.24, 2.45) is 0 Å². The molecular formula is C18H27N3O2. The van der Waals surface area contributed by atoms with Crippen LogP contribution in [0.2, 0.25) is 0 Å². The van der Waals surface area contributed by atoms with Crippen molar-refractivity contribution in [2.75, 3.05) is 46.4 Å². The summed E-state index contributed by atoms with van der Waals surface area (Å²) in [5.41, 5.74) is 2.80. The first-order valence-corrected chi connectivity index (χ1v) is 8.61. The Bertz CT molecular complexity index is 529. The van der Waals surface area contributed by atoms with E-state index in [0.29, 0.717) is 0 Å². The molecule has 1 atom stereocenters. The molecule has 1 heterocycles. The molecule has 1 saturated heterocycles. The minimum atomic E-state index is 0.0441. The minimum absolute atomic E-state index is 0.0441. The van der Waals surface area contributed by atoms with E-state index in [9.17, 15) is 4.79 Å². The van der Waals surface area contributed by atoms with Gasteiger partial charge in [-0.1, -0.05) is 24.3 Å². The van der Waals surface area contributed by atoms with E-state index in [-0.39, 0.29) is 12.1 Å². The number of carbonyl (C=O) groups is 1. The monoisotopic (exact) mass is 317 g/mol. The molecule has 1 N–H and O–H groups in total. The maximum Gasteiger partial charge on any atom is 0.317 e. The lowest BCUT2D eigenvalue weighted by Gasteiger charge is -2.30. The highest BCUT2D eigenvalue weighted by Crippen LogP contribution is 2.21. The van der Waals surface area contributed by atoms with E-state index in [1.54, 1.807) is 4.90 Å². The Morgan fingerprint density at radius 3 is 2.83 bits per heavy atom. The topological polar surface area (TPSA) is 44.8 Å². The SMILES string of the molecule is CN(CCN1CCOCC1)C(=O)N[C@H]1CCc2ccccc2C1. The van der Waals surface area contributed by atoms with Crippen molar-refractivity contribution in [3.05, 3.63) is 35.4 Å². The van der Waals surface area contributed by atoms with Gasteiger partial charge in [-0.3, -0.25) is 4.90 Å². The Labute approximate surface area is 138 Å². The number of rotatable bonds is 4. The van der Waals surface area contributed by atoms with Crippen LogP contribution >= 0.6 is 0 Å². The lowest BCUT2D eigenvalue weighted by molar-refractivity contribution is 0.0356. The van der Waals surface area contributed by atoms with E-state index in [1.165, 1.54) is 11.1 Å². The Kier molecular flexibility index (Phi) is 5.51. The summed E-state index contributed by atoms with van der Waals surface area (Å²) < 4.78 is 5.35. The summed E-state index contributed by atoms with van der Waals surface area (Å²) in [6, 6.07) is 8.84. The number of fused-ring (bicyclic) bond motifs is 1. The average Bonchev–Trinajstić information content (AvgIpc) is 2.60. The summed E-state index contributed by atoms with van der Waals surface area (Å²) >= 11 is 0. The number of hydrogen-bond donors (Lipinski definition) is 1. The summed E-state index contributed by atoms with van der Waals surface area (Å²) in [5.74, 6) is 0. The van der Waals surface area contributed by atoms with Crippen molar-refractivity contribution in [1.82, 2.24) is 15.1 Å². The van der Waals surface area contributed by atoms with E-state index in [4.69, 9.17) is 4.74 Å². The Morgan fingerprint density at radius 2 is 2.04 bits per heavy atom. The molecule has 5 heteroatoms. The standard InChI is InChI=1S/C18H27N3O2/c1-20(8-9-21-10-12-23-13-11-21)18(22)19-17-7-6-15-4-2-3-5-16(15)14-17/h2-5,17H,6-14H2,1H3,(H,19,22)/t17-/m0/s1. The van der Waals surface area contributed by atoms with Crippen LogP contribution < -0.4 is 5.32 Å². The first-order valence-electron chi connectivity index (χ1n) is 8.61. The molecule has 0 bridgehead atoms. The number of ether oxygens (including phenoxy) is 1. The van der Waals surface area contributed by atoms with Crippen LogP contribution in [0.4, 0.5) is 4.79 Å². The molecule has 2 amide bonds. The second kappa shape index (κ2) is 7.79. The van der Waals surface area contributed by atoms with Gasteiger partial charge in [-0.25, -0.2) is 4.79 Å². The average molecular weight is 317 g/mol. The number of nitrogens with zero attached hydrogens (tertiary/aromatic N) is 2. The number of amides is 2. The molecule has 1 aromatic rings. The largest absolute Gasteiger partial charge is 0.379 e. The van der Waals surface area contributed by atoms with E-state index in [1.807, 2.05) is 7.05 Å². The fourth-order valence-corrected chi connectivity index (χ4v) is 3.32. The summed E-state index contributed by atoms with van der Waals surface area (Å²) in [4.78, 5) is 16.5. The van der Waals surface area contributed by atoms with Crippen LogP contribution in [-0.4, -0.2) is 68.3 Å². The molecule has 3 rings (SSSR count). The Balaban J connectivity index is 1.43. The third-order valence-corrected chi connectivity index (χ3v) is 4.88. The van der Waals surface area contributed by atoms with Crippen LogP contribution in [0.15, 0.2) is 24.3 Å². The van der Waals surface area contributed by atoms with Crippen LogP contribution in [0.5, 0.6) is 0 Å². The molecule has 1 aliphatic carbocycles. The second-order valence-corrected chi connectivity index (χ2v) is 6.53. The molecular weight excluding hydrogens is 290 g/mol. The molecule has 0 spiro atoms. The second-order valence-electron chi connectivity index (χ2n) is 6.53. The highest BCUT2D eigenvalue weighted by molar-refractivity contribution is 5.74. The smallest absolute Gasteiger partial charge is 0.317 e. The summed E-state index contributed by atoms with van der Waals surface area (Å²) in [5, 5.41) is 3.19. The zero-order valence-corrected chi connectivity index (χ0v) is 14.0. The molecule has 1 fully saturated rings. The summed E-state index contributed by atoms with van der Waals surface area (Å²) in [7, 11) is 1.88. The number of aryl methyl sites for hydroxylation is 1. The van der Waals surface area contributed by atoms with Crippen molar-refractivity contribution in [3.63, 3.8) is 0 Å². The van der Waals surface area contributed by atoms with Gasteiger partial charge in [0, 0.05) is 39.3 Å². The van der Waals surface area contributed by atoms with Crippen molar-refractivity contribution >= 4 is 6.03 Å².